The lowest BCUT2D eigenvalue weighted by Gasteiger charge is -2.43. The Kier molecular flexibility index (Phi) is 3.91. The van der Waals surface area contributed by atoms with E-state index in [1.807, 2.05) is 20.8 Å². The molecule has 1 saturated heterocycles. The first-order valence-corrected chi connectivity index (χ1v) is 5.58. The van der Waals surface area contributed by atoms with E-state index in [9.17, 15) is 9.59 Å². The summed E-state index contributed by atoms with van der Waals surface area (Å²) in [6, 6.07) is -0.315. The summed E-state index contributed by atoms with van der Waals surface area (Å²) in [6.45, 7) is 7.54. The molecule has 1 unspecified atom stereocenters. The summed E-state index contributed by atoms with van der Waals surface area (Å²) in [6.07, 6.45) is 0.406. The highest BCUT2D eigenvalue weighted by Crippen LogP contribution is 2.21. The third-order valence-corrected chi connectivity index (χ3v) is 2.82. The number of amides is 1. The largest absolute Gasteiger partial charge is 0.481 e. The summed E-state index contributed by atoms with van der Waals surface area (Å²) in [5, 5.41) is 11.5. The lowest BCUT2D eigenvalue weighted by Crippen LogP contribution is -2.61. The summed E-state index contributed by atoms with van der Waals surface area (Å²) < 4.78 is 0. The molecule has 1 fully saturated rings. The molecule has 92 valence electrons. The van der Waals surface area contributed by atoms with Gasteiger partial charge in [0.1, 0.15) is 0 Å². The summed E-state index contributed by atoms with van der Waals surface area (Å²) in [5.41, 5.74) is -0.110. The van der Waals surface area contributed by atoms with Crippen LogP contribution in [-0.4, -0.2) is 46.6 Å². The minimum atomic E-state index is -0.854. The summed E-state index contributed by atoms with van der Waals surface area (Å²) in [4.78, 5) is 24.4. The summed E-state index contributed by atoms with van der Waals surface area (Å²) in [7, 11) is 0. The molecule has 1 amide bonds. The first-order valence-electron chi connectivity index (χ1n) is 5.58. The van der Waals surface area contributed by atoms with Crippen molar-refractivity contribution in [3.8, 4) is 0 Å². The van der Waals surface area contributed by atoms with Crippen LogP contribution in [0.2, 0.25) is 0 Å². The Morgan fingerprint density at radius 3 is 2.69 bits per heavy atom. The Morgan fingerprint density at radius 1 is 1.56 bits per heavy atom. The highest BCUT2D eigenvalue weighted by Gasteiger charge is 2.36. The number of rotatable bonds is 3. The van der Waals surface area contributed by atoms with Crippen molar-refractivity contribution in [3.63, 3.8) is 0 Å². The molecule has 0 aromatic rings. The molecule has 0 bridgehead atoms. The van der Waals surface area contributed by atoms with Gasteiger partial charge < -0.3 is 10.4 Å². The highest BCUT2D eigenvalue weighted by molar-refractivity contribution is 5.83. The fourth-order valence-electron chi connectivity index (χ4n) is 2.06. The van der Waals surface area contributed by atoms with Gasteiger partial charge >= 0.3 is 5.97 Å². The molecule has 0 aromatic carbocycles. The molecular formula is C11H20N2O3. The number of carbonyl (C=O) groups excluding carboxylic acids is 1. The van der Waals surface area contributed by atoms with E-state index in [1.54, 1.807) is 0 Å². The quantitative estimate of drug-likeness (QED) is 0.736. The van der Waals surface area contributed by atoms with Crippen LogP contribution in [0.4, 0.5) is 0 Å². The van der Waals surface area contributed by atoms with E-state index in [2.05, 4.69) is 10.2 Å². The van der Waals surface area contributed by atoms with Gasteiger partial charge in [-0.25, -0.2) is 0 Å². The number of aliphatic carboxylic acids is 1. The number of carbonyl (C=O) groups is 2. The van der Waals surface area contributed by atoms with E-state index in [1.165, 1.54) is 0 Å². The number of carboxylic acids is 1. The molecule has 16 heavy (non-hydrogen) atoms. The van der Waals surface area contributed by atoms with E-state index in [0.29, 0.717) is 13.0 Å². The standard InChI is InChI=1S/C11H20N2O3/c1-11(2,3)13-7-6-12-10(16)8(13)4-5-9(14)15/h8H,4-7H2,1-3H3,(H,12,16)(H,14,15). The number of hydrogen-bond donors (Lipinski definition) is 2. The number of nitrogens with zero attached hydrogens (tertiary/aromatic N) is 1. The average Bonchev–Trinajstić information content (AvgIpc) is 2.13. The van der Waals surface area contributed by atoms with Crippen LogP contribution in [0.15, 0.2) is 0 Å². The molecule has 0 saturated carbocycles. The minimum absolute atomic E-state index is 0.0324. The monoisotopic (exact) mass is 228 g/mol. The van der Waals surface area contributed by atoms with Crippen molar-refractivity contribution in [1.29, 1.82) is 0 Å². The first-order chi connectivity index (χ1) is 7.32. The molecule has 2 N–H and O–H groups in total. The van der Waals surface area contributed by atoms with Crippen LogP contribution in [0.25, 0.3) is 0 Å². The maximum Gasteiger partial charge on any atom is 0.303 e. The van der Waals surface area contributed by atoms with E-state index >= 15 is 0 Å². The van der Waals surface area contributed by atoms with Crippen molar-refractivity contribution in [2.24, 2.45) is 0 Å². The normalized spacial score (nSPS) is 22.9. The minimum Gasteiger partial charge on any atom is -0.481 e. The lowest BCUT2D eigenvalue weighted by molar-refractivity contribution is -0.138. The SMILES string of the molecule is CC(C)(C)N1CCNC(=O)C1CCC(=O)O. The number of piperazine rings is 1. The molecule has 1 aliphatic heterocycles. The molecule has 0 radical (unpaired) electrons. The van der Waals surface area contributed by atoms with E-state index in [-0.39, 0.29) is 23.9 Å². The molecule has 5 heteroatoms. The fraction of sp³-hybridized carbons (Fsp3) is 0.818. The van der Waals surface area contributed by atoms with Gasteiger partial charge in [-0.2, -0.15) is 0 Å². The van der Waals surface area contributed by atoms with Crippen LogP contribution in [-0.2, 0) is 9.59 Å². The van der Waals surface area contributed by atoms with E-state index < -0.39 is 5.97 Å². The van der Waals surface area contributed by atoms with Gasteiger partial charge in [-0.3, -0.25) is 14.5 Å². The van der Waals surface area contributed by atoms with Crippen molar-refractivity contribution in [2.75, 3.05) is 13.1 Å². The van der Waals surface area contributed by atoms with Crippen molar-refractivity contribution in [1.82, 2.24) is 10.2 Å². The Morgan fingerprint density at radius 2 is 2.19 bits per heavy atom. The van der Waals surface area contributed by atoms with Gasteiger partial charge in [0.05, 0.1) is 6.04 Å². The zero-order valence-electron chi connectivity index (χ0n) is 10.1. The second-order valence-electron chi connectivity index (χ2n) is 5.10. The molecule has 0 spiro atoms. The van der Waals surface area contributed by atoms with Crippen LogP contribution in [0.5, 0.6) is 0 Å². The number of nitrogens with one attached hydrogen (secondary N) is 1. The Balaban J connectivity index is 2.72. The Labute approximate surface area is 95.8 Å². The van der Waals surface area contributed by atoms with Gasteiger partial charge in [0.15, 0.2) is 0 Å². The van der Waals surface area contributed by atoms with Gasteiger partial charge in [-0.15, -0.1) is 0 Å². The zero-order chi connectivity index (χ0) is 12.3. The second kappa shape index (κ2) is 4.82. The Bertz CT molecular complexity index is 283. The van der Waals surface area contributed by atoms with E-state index in [0.717, 1.165) is 6.54 Å². The zero-order valence-corrected chi connectivity index (χ0v) is 10.1. The van der Waals surface area contributed by atoms with Crippen molar-refractivity contribution in [3.05, 3.63) is 0 Å². The van der Waals surface area contributed by atoms with Crippen LogP contribution < -0.4 is 5.32 Å². The molecule has 1 aliphatic rings. The molecule has 5 nitrogen and oxygen atoms in total. The summed E-state index contributed by atoms with van der Waals surface area (Å²) in [5.74, 6) is -0.908. The molecule has 1 atom stereocenters. The van der Waals surface area contributed by atoms with Gasteiger partial charge in [0.2, 0.25) is 5.91 Å². The summed E-state index contributed by atoms with van der Waals surface area (Å²) >= 11 is 0. The predicted molar refractivity (Wildman–Crippen MR) is 60.1 cm³/mol. The van der Waals surface area contributed by atoms with E-state index in [4.69, 9.17) is 5.11 Å². The van der Waals surface area contributed by atoms with Crippen LogP contribution in [0, 0.1) is 0 Å². The molecule has 1 heterocycles. The molecular weight excluding hydrogens is 208 g/mol. The van der Waals surface area contributed by atoms with Gasteiger partial charge in [-0.1, -0.05) is 0 Å². The third kappa shape index (κ3) is 3.20. The maximum atomic E-state index is 11.7. The predicted octanol–water partition coefficient (Wildman–Crippen LogP) is 0.450. The van der Waals surface area contributed by atoms with Crippen molar-refractivity contribution >= 4 is 11.9 Å². The smallest absolute Gasteiger partial charge is 0.303 e. The third-order valence-electron chi connectivity index (χ3n) is 2.82. The van der Waals surface area contributed by atoms with Crippen LogP contribution in [0.1, 0.15) is 33.6 Å². The lowest BCUT2D eigenvalue weighted by atomic mass is 9.97. The highest BCUT2D eigenvalue weighted by atomic mass is 16.4. The molecule has 0 aliphatic carbocycles. The average molecular weight is 228 g/mol. The molecule has 1 rings (SSSR count). The van der Waals surface area contributed by atoms with Crippen molar-refractivity contribution < 1.29 is 14.7 Å². The second-order valence-corrected chi connectivity index (χ2v) is 5.10. The van der Waals surface area contributed by atoms with Gasteiger partial charge in [0, 0.05) is 25.0 Å². The number of hydrogen-bond acceptors (Lipinski definition) is 3. The van der Waals surface area contributed by atoms with Gasteiger partial charge in [0.25, 0.3) is 0 Å². The Hall–Kier alpha value is -1.10. The number of carboxylic acid groups (broad SMARTS) is 1. The topological polar surface area (TPSA) is 69.6 Å². The fourth-order valence-corrected chi connectivity index (χ4v) is 2.06. The first kappa shape index (κ1) is 13.0. The van der Waals surface area contributed by atoms with Gasteiger partial charge in [-0.05, 0) is 27.2 Å². The molecule has 0 aromatic heterocycles. The van der Waals surface area contributed by atoms with Crippen LogP contribution >= 0.6 is 0 Å². The maximum absolute atomic E-state index is 11.7. The van der Waals surface area contributed by atoms with Crippen molar-refractivity contribution in [2.45, 2.75) is 45.2 Å². The van der Waals surface area contributed by atoms with Crippen LogP contribution in [0.3, 0.4) is 0 Å².